The van der Waals surface area contributed by atoms with Gasteiger partial charge in [0.15, 0.2) is 0 Å². The van der Waals surface area contributed by atoms with Crippen molar-refractivity contribution in [2.75, 3.05) is 0 Å². The maximum atomic E-state index is 5.73. The molecule has 0 spiro atoms. The van der Waals surface area contributed by atoms with Crippen LogP contribution in [0.1, 0.15) is 5.69 Å². The molecule has 3 aromatic rings. The number of hydrogen-bond donors (Lipinski definition) is 1. The van der Waals surface area contributed by atoms with Gasteiger partial charge >= 0.3 is 0 Å². The fourth-order valence-electron chi connectivity index (χ4n) is 1.83. The van der Waals surface area contributed by atoms with Gasteiger partial charge in [0.1, 0.15) is 16.5 Å². The van der Waals surface area contributed by atoms with Crippen LogP contribution in [0.25, 0.3) is 10.9 Å². The lowest BCUT2D eigenvalue weighted by atomic mass is 10.2. The minimum absolute atomic E-state index is 0.270. The van der Waals surface area contributed by atoms with Crippen LogP contribution in [-0.2, 0) is 0 Å². The normalized spacial score (nSPS) is 10.4. The number of aromatic nitrogens is 2. The molecule has 1 aromatic carbocycles. The minimum atomic E-state index is 0.270. The third kappa shape index (κ3) is 2.57. The number of hydrogen-bond acceptors (Lipinski definition) is 4. The van der Waals surface area contributed by atoms with Gasteiger partial charge in [0.2, 0.25) is 0 Å². The van der Waals surface area contributed by atoms with Crippen LogP contribution >= 0.6 is 12.2 Å². The topological polar surface area (TPSA) is 61.0 Å². The van der Waals surface area contributed by atoms with E-state index in [-0.39, 0.29) is 4.99 Å². The van der Waals surface area contributed by atoms with Crippen molar-refractivity contribution in [2.24, 2.45) is 5.73 Å². The number of benzene rings is 1. The first-order chi connectivity index (χ1) is 9.72. The van der Waals surface area contributed by atoms with E-state index in [4.69, 9.17) is 22.7 Å². The SMILES string of the molecule is NC(=S)c1ccc(Oc2ccc3cccnc3c2)cn1. The Hall–Kier alpha value is -2.53. The molecule has 20 heavy (non-hydrogen) atoms. The summed E-state index contributed by atoms with van der Waals surface area (Å²) in [5.74, 6) is 1.33. The second-order valence-electron chi connectivity index (χ2n) is 4.20. The van der Waals surface area contributed by atoms with Crippen molar-refractivity contribution in [1.82, 2.24) is 9.97 Å². The molecule has 3 rings (SSSR count). The lowest BCUT2D eigenvalue weighted by Crippen LogP contribution is -2.10. The Kier molecular flexibility index (Phi) is 3.26. The Balaban J connectivity index is 1.87. The van der Waals surface area contributed by atoms with Crippen LogP contribution in [0.2, 0.25) is 0 Å². The molecule has 0 unspecified atom stereocenters. The van der Waals surface area contributed by atoms with E-state index >= 15 is 0 Å². The van der Waals surface area contributed by atoms with Gasteiger partial charge in [-0.25, -0.2) is 4.98 Å². The highest BCUT2D eigenvalue weighted by molar-refractivity contribution is 7.80. The third-order valence-corrected chi connectivity index (χ3v) is 3.01. The van der Waals surface area contributed by atoms with Gasteiger partial charge in [-0.2, -0.15) is 0 Å². The first-order valence-corrected chi connectivity index (χ1v) is 6.42. The van der Waals surface area contributed by atoms with Gasteiger partial charge in [0.05, 0.1) is 17.4 Å². The van der Waals surface area contributed by atoms with Gasteiger partial charge < -0.3 is 10.5 Å². The number of thiocarbonyl (C=S) groups is 1. The molecule has 4 nitrogen and oxygen atoms in total. The number of ether oxygens (including phenoxy) is 1. The van der Waals surface area contributed by atoms with Crippen LogP contribution in [0.5, 0.6) is 11.5 Å². The van der Waals surface area contributed by atoms with Crippen LogP contribution in [0.3, 0.4) is 0 Å². The molecule has 0 atom stereocenters. The number of rotatable bonds is 3. The fourth-order valence-corrected chi connectivity index (χ4v) is 1.95. The van der Waals surface area contributed by atoms with Gasteiger partial charge in [-0.05, 0) is 30.3 Å². The van der Waals surface area contributed by atoms with Crippen LogP contribution in [0.15, 0.2) is 54.9 Å². The molecule has 0 aliphatic carbocycles. The van der Waals surface area contributed by atoms with E-state index in [9.17, 15) is 0 Å². The maximum absolute atomic E-state index is 5.73. The van der Waals surface area contributed by atoms with Gasteiger partial charge in [0, 0.05) is 17.6 Å². The van der Waals surface area contributed by atoms with Crippen molar-refractivity contribution in [3.05, 3.63) is 60.6 Å². The molecule has 0 bridgehead atoms. The number of fused-ring (bicyclic) bond motifs is 1. The Morgan fingerprint density at radius 3 is 2.65 bits per heavy atom. The second-order valence-corrected chi connectivity index (χ2v) is 4.64. The van der Waals surface area contributed by atoms with Crippen molar-refractivity contribution in [1.29, 1.82) is 0 Å². The molecule has 0 aliphatic heterocycles. The van der Waals surface area contributed by atoms with Crippen molar-refractivity contribution >= 4 is 28.1 Å². The van der Waals surface area contributed by atoms with Crippen LogP contribution in [0, 0.1) is 0 Å². The van der Waals surface area contributed by atoms with E-state index in [2.05, 4.69) is 9.97 Å². The predicted molar refractivity (Wildman–Crippen MR) is 81.9 cm³/mol. The molecule has 2 aromatic heterocycles. The zero-order valence-corrected chi connectivity index (χ0v) is 11.3. The minimum Gasteiger partial charge on any atom is -0.456 e. The van der Waals surface area contributed by atoms with E-state index in [1.807, 2.05) is 30.3 Å². The summed E-state index contributed by atoms with van der Waals surface area (Å²) >= 11 is 4.85. The third-order valence-electron chi connectivity index (χ3n) is 2.80. The summed E-state index contributed by atoms with van der Waals surface area (Å²) in [5.41, 5.74) is 6.96. The van der Waals surface area contributed by atoms with E-state index in [1.54, 1.807) is 24.5 Å². The number of pyridine rings is 2. The van der Waals surface area contributed by atoms with E-state index in [0.29, 0.717) is 17.2 Å². The van der Waals surface area contributed by atoms with Crippen LogP contribution in [0.4, 0.5) is 0 Å². The van der Waals surface area contributed by atoms with Crippen molar-refractivity contribution in [3.63, 3.8) is 0 Å². The average molecular weight is 281 g/mol. The highest BCUT2D eigenvalue weighted by Gasteiger charge is 2.02. The molecular formula is C15H11N3OS. The molecule has 0 aliphatic rings. The lowest BCUT2D eigenvalue weighted by molar-refractivity contribution is 0.481. The predicted octanol–water partition coefficient (Wildman–Crippen LogP) is 3.06. The zero-order valence-electron chi connectivity index (χ0n) is 10.5. The molecule has 2 N–H and O–H groups in total. The lowest BCUT2D eigenvalue weighted by Gasteiger charge is -2.06. The van der Waals surface area contributed by atoms with Crippen LogP contribution in [-0.4, -0.2) is 15.0 Å². The highest BCUT2D eigenvalue weighted by Crippen LogP contribution is 2.24. The van der Waals surface area contributed by atoms with Gasteiger partial charge in [-0.15, -0.1) is 0 Å². The Labute approximate surface area is 121 Å². The van der Waals surface area contributed by atoms with Crippen molar-refractivity contribution in [2.45, 2.75) is 0 Å². The quantitative estimate of drug-likeness (QED) is 0.748. The Bertz CT molecular complexity index is 771. The summed E-state index contributed by atoms with van der Waals surface area (Å²) in [4.78, 5) is 8.69. The molecular weight excluding hydrogens is 270 g/mol. The molecule has 0 fully saturated rings. The largest absolute Gasteiger partial charge is 0.456 e. The molecule has 0 radical (unpaired) electrons. The first-order valence-electron chi connectivity index (χ1n) is 6.01. The first kappa shape index (κ1) is 12.5. The monoisotopic (exact) mass is 281 g/mol. The number of nitrogens with zero attached hydrogens (tertiary/aromatic N) is 2. The smallest absolute Gasteiger partial charge is 0.145 e. The summed E-state index contributed by atoms with van der Waals surface area (Å²) < 4.78 is 5.73. The maximum Gasteiger partial charge on any atom is 0.145 e. The fraction of sp³-hybridized carbons (Fsp3) is 0. The molecule has 98 valence electrons. The van der Waals surface area contributed by atoms with Crippen LogP contribution < -0.4 is 10.5 Å². The zero-order chi connectivity index (χ0) is 13.9. The molecule has 0 saturated carbocycles. The molecule has 0 saturated heterocycles. The highest BCUT2D eigenvalue weighted by atomic mass is 32.1. The second kappa shape index (κ2) is 5.22. The summed E-state index contributed by atoms with van der Waals surface area (Å²) in [6, 6.07) is 13.2. The summed E-state index contributed by atoms with van der Waals surface area (Å²) in [6.45, 7) is 0. The van der Waals surface area contributed by atoms with Crippen molar-refractivity contribution < 1.29 is 4.74 Å². The summed E-state index contributed by atoms with van der Waals surface area (Å²) in [5, 5.41) is 1.07. The summed E-state index contributed by atoms with van der Waals surface area (Å²) in [6.07, 6.45) is 3.35. The van der Waals surface area contributed by atoms with E-state index < -0.39 is 0 Å². The van der Waals surface area contributed by atoms with Gasteiger partial charge in [-0.1, -0.05) is 18.3 Å². The average Bonchev–Trinajstić information content (AvgIpc) is 2.48. The molecule has 2 heterocycles. The Morgan fingerprint density at radius 1 is 1.05 bits per heavy atom. The van der Waals surface area contributed by atoms with E-state index in [1.165, 1.54) is 0 Å². The molecule has 0 amide bonds. The number of nitrogens with two attached hydrogens (primary N) is 1. The summed E-state index contributed by atoms with van der Waals surface area (Å²) in [7, 11) is 0. The standard InChI is InChI=1S/C15H11N3OS/c16-15(20)13-6-5-12(9-18-13)19-11-4-3-10-2-1-7-17-14(10)8-11/h1-9H,(H2,16,20). The van der Waals surface area contributed by atoms with E-state index in [0.717, 1.165) is 10.9 Å². The van der Waals surface area contributed by atoms with Gasteiger partial charge in [0.25, 0.3) is 0 Å². The molecule has 5 heteroatoms. The van der Waals surface area contributed by atoms with Gasteiger partial charge in [-0.3, -0.25) is 4.98 Å². The van der Waals surface area contributed by atoms with Crippen molar-refractivity contribution in [3.8, 4) is 11.5 Å². The Morgan fingerprint density at radius 2 is 1.90 bits per heavy atom.